The van der Waals surface area contributed by atoms with E-state index in [1.807, 2.05) is 0 Å². The molecule has 0 N–H and O–H groups in total. The quantitative estimate of drug-likeness (QED) is 0.153. The molecule has 2 heteroatoms. The second-order valence-corrected chi connectivity index (χ2v) is 17.0. The molecule has 0 fully saturated rings. The fraction of sp³-hybridized carbons (Fsp3) is 0.161. The number of hydrogen-bond acceptors (Lipinski definition) is 1. The van der Waals surface area contributed by atoms with Crippen molar-refractivity contribution in [2.24, 2.45) is 0 Å². The minimum absolute atomic E-state index is 0.220. The lowest BCUT2D eigenvalue weighted by atomic mass is 9.78. The molecule has 0 saturated carbocycles. The molecule has 0 atom stereocenters. The van der Waals surface area contributed by atoms with Gasteiger partial charge in [-0.3, -0.25) is 0 Å². The van der Waals surface area contributed by atoms with Crippen LogP contribution in [0.4, 0.5) is 22.7 Å². The second-order valence-electron chi connectivity index (χ2n) is 17.0. The van der Waals surface area contributed by atoms with Gasteiger partial charge >= 0.3 is 0 Å². The Balaban J connectivity index is 1.14. The molecule has 2 aliphatic heterocycles. The van der Waals surface area contributed by atoms with Gasteiger partial charge in [0, 0.05) is 46.6 Å². The fourth-order valence-electron chi connectivity index (χ4n) is 10.2. The Bertz CT molecular complexity index is 2880. The smallest absolute Gasteiger partial charge is 0.216 e. The summed E-state index contributed by atoms with van der Waals surface area (Å²) in [5.41, 5.74) is 15.2. The number of allylic oxidation sites excluding steroid dienone is 8. The second kappa shape index (κ2) is 14.1. The molecule has 7 aromatic rings. The van der Waals surface area contributed by atoms with Gasteiger partial charge < -0.3 is 4.90 Å². The largest absolute Gasteiger partial charge is 0.313 e. The topological polar surface area (TPSA) is 6.25 Å². The number of fused-ring (bicyclic) bond motifs is 6. The summed E-state index contributed by atoms with van der Waals surface area (Å²) in [6, 6.07) is 59.7. The highest BCUT2D eigenvalue weighted by Gasteiger charge is 2.47. The molecular formula is C56H49N2+. The zero-order valence-electron chi connectivity index (χ0n) is 33.9. The van der Waals surface area contributed by atoms with Crippen molar-refractivity contribution in [1.29, 1.82) is 0 Å². The van der Waals surface area contributed by atoms with Crippen LogP contribution in [0.25, 0.3) is 27.1 Å². The van der Waals surface area contributed by atoms with Crippen molar-refractivity contribution >= 4 is 55.6 Å². The number of anilines is 2. The maximum atomic E-state index is 2.49. The van der Waals surface area contributed by atoms with Crippen LogP contribution >= 0.6 is 0 Å². The van der Waals surface area contributed by atoms with Crippen LogP contribution in [-0.4, -0.2) is 5.71 Å². The van der Waals surface area contributed by atoms with Gasteiger partial charge in [0.25, 0.3) is 0 Å². The van der Waals surface area contributed by atoms with Crippen LogP contribution in [0.5, 0.6) is 0 Å². The van der Waals surface area contributed by atoms with Gasteiger partial charge in [-0.2, -0.15) is 4.58 Å². The van der Waals surface area contributed by atoms with Crippen LogP contribution < -0.4 is 9.48 Å². The SMILES string of the molecule is CC1(C)C(/C=C/C2=C(c3ccccc3)C(=C/C=C3/N(c4ccccc4)c4ccc5ccccc5c4C3(C)C)/CCC2)=[N+](c2ccccc2)c2ccc3ccccc3c21. The van der Waals surface area contributed by atoms with E-state index in [9.17, 15) is 0 Å². The lowest BCUT2D eigenvalue weighted by Crippen LogP contribution is -2.28. The average molecular weight is 750 g/mol. The zero-order valence-corrected chi connectivity index (χ0v) is 33.9. The highest BCUT2D eigenvalue weighted by atomic mass is 15.2. The molecule has 0 aromatic heterocycles. The van der Waals surface area contributed by atoms with Gasteiger partial charge in [0.2, 0.25) is 11.4 Å². The van der Waals surface area contributed by atoms with E-state index < -0.39 is 0 Å². The molecule has 2 nitrogen and oxygen atoms in total. The first-order valence-corrected chi connectivity index (χ1v) is 20.8. The van der Waals surface area contributed by atoms with Gasteiger partial charge in [0.15, 0.2) is 5.71 Å². The molecule has 58 heavy (non-hydrogen) atoms. The lowest BCUT2D eigenvalue weighted by molar-refractivity contribution is 0.649. The molecule has 0 unspecified atom stereocenters. The van der Waals surface area contributed by atoms with Crippen LogP contribution in [0.2, 0.25) is 0 Å². The molecule has 10 rings (SSSR count). The van der Waals surface area contributed by atoms with Crippen LogP contribution in [0.15, 0.2) is 205 Å². The maximum Gasteiger partial charge on any atom is 0.216 e. The molecule has 3 aliphatic rings. The molecule has 0 amide bonds. The van der Waals surface area contributed by atoms with Crippen LogP contribution in [-0.2, 0) is 10.8 Å². The van der Waals surface area contributed by atoms with Crippen LogP contribution in [0, 0.1) is 0 Å². The van der Waals surface area contributed by atoms with Crippen molar-refractivity contribution in [2.75, 3.05) is 4.90 Å². The number of rotatable bonds is 6. The average Bonchev–Trinajstić information content (AvgIpc) is 3.64. The molecule has 0 bridgehead atoms. The third kappa shape index (κ3) is 5.81. The highest BCUT2D eigenvalue weighted by molar-refractivity contribution is 6.14. The summed E-state index contributed by atoms with van der Waals surface area (Å²) in [6.07, 6.45) is 12.9. The number of hydrogen-bond donors (Lipinski definition) is 0. The highest BCUT2D eigenvalue weighted by Crippen LogP contribution is 2.54. The zero-order chi connectivity index (χ0) is 39.4. The Morgan fingerprint density at radius 3 is 1.84 bits per heavy atom. The number of nitrogens with zero attached hydrogens (tertiary/aromatic N) is 2. The number of benzene rings is 7. The van der Waals surface area contributed by atoms with E-state index in [2.05, 4.69) is 225 Å². The predicted octanol–water partition coefficient (Wildman–Crippen LogP) is 14.7. The van der Waals surface area contributed by atoms with Crippen molar-refractivity contribution in [1.82, 2.24) is 4.58 Å². The van der Waals surface area contributed by atoms with Gasteiger partial charge in [-0.15, -0.1) is 0 Å². The summed E-state index contributed by atoms with van der Waals surface area (Å²) in [7, 11) is 0. The van der Waals surface area contributed by atoms with E-state index in [1.54, 1.807) is 0 Å². The van der Waals surface area contributed by atoms with Crippen LogP contribution in [0.3, 0.4) is 0 Å². The van der Waals surface area contributed by atoms with E-state index in [0.717, 1.165) is 19.3 Å². The Morgan fingerprint density at radius 1 is 0.534 bits per heavy atom. The Hall–Kier alpha value is -6.51. The molecular weight excluding hydrogens is 701 g/mol. The monoisotopic (exact) mass is 749 g/mol. The van der Waals surface area contributed by atoms with Crippen molar-refractivity contribution in [3.05, 3.63) is 222 Å². The fourth-order valence-corrected chi connectivity index (χ4v) is 10.2. The molecule has 7 aromatic carbocycles. The van der Waals surface area contributed by atoms with E-state index in [1.165, 1.54) is 89.1 Å². The summed E-state index contributed by atoms with van der Waals surface area (Å²) in [4.78, 5) is 2.49. The van der Waals surface area contributed by atoms with Crippen molar-refractivity contribution in [2.45, 2.75) is 57.8 Å². The van der Waals surface area contributed by atoms with E-state index in [-0.39, 0.29) is 10.8 Å². The van der Waals surface area contributed by atoms with Crippen LogP contribution in [0.1, 0.15) is 63.6 Å². The van der Waals surface area contributed by atoms with Gasteiger partial charge in [0.05, 0.1) is 11.1 Å². The predicted molar refractivity (Wildman–Crippen MR) is 248 cm³/mol. The summed E-state index contributed by atoms with van der Waals surface area (Å²) in [5.74, 6) is 0. The normalized spacial score (nSPS) is 18.6. The molecule has 1 aliphatic carbocycles. The van der Waals surface area contributed by atoms with Crippen molar-refractivity contribution in [3.63, 3.8) is 0 Å². The number of para-hydroxylation sites is 2. The third-order valence-corrected chi connectivity index (χ3v) is 12.8. The minimum Gasteiger partial charge on any atom is -0.313 e. The van der Waals surface area contributed by atoms with E-state index in [0.29, 0.717) is 0 Å². The van der Waals surface area contributed by atoms with Crippen molar-refractivity contribution < 1.29 is 0 Å². The maximum absolute atomic E-state index is 2.49. The first-order valence-electron chi connectivity index (χ1n) is 20.8. The van der Waals surface area contributed by atoms with Gasteiger partial charge in [-0.1, -0.05) is 147 Å². The minimum atomic E-state index is -0.220. The Morgan fingerprint density at radius 2 is 1.14 bits per heavy atom. The first-order chi connectivity index (χ1) is 28.3. The molecule has 0 saturated heterocycles. The van der Waals surface area contributed by atoms with Gasteiger partial charge in [-0.25, -0.2) is 0 Å². The van der Waals surface area contributed by atoms with Gasteiger partial charge in [0.1, 0.15) is 0 Å². The Labute approximate surface area is 343 Å². The van der Waals surface area contributed by atoms with Crippen molar-refractivity contribution in [3.8, 4) is 0 Å². The third-order valence-electron chi connectivity index (χ3n) is 12.8. The molecule has 282 valence electrons. The summed E-state index contributed by atoms with van der Waals surface area (Å²) < 4.78 is 2.49. The molecule has 0 spiro atoms. The standard InChI is InChI=1S/C56H49N2/c1-55(2)50(57(44-25-10-6-11-26-44)48-35-31-39-19-14-16-29-46(39)53(48)55)37-33-42-23-18-24-43(52(42)41-21-8-5-9-22-41)34-38-51-56(3,4)54-47-30-17-15-20-40(47)32-36-49(54)58(51)45-27-12-7-13-28-45/h5-17,19-22,25-38H,18,23-24H2,1-4H3/q+1. The van der Waals surface area contributed by atoms with Gasteiger partial charge in [-0.05, 0) is 113 Å². The summed E-state index contributed by atoms with van der Waals surface area (Å²) in [5, 5.41) is 5.21. The first kappa shape index (κ1) is 35.9. The summed E-state index contributed by atoms with van der Waals surface area (Å²) in [6.45, 7) is 9.59. The lowest BCUT2D eigenvalue weighted by Gasteiger charge is -2.28. The molecule has 2 heterocycles. The summed E-state index contributed by atoms with van der Waals surface area (Å²) >= 11 is 0. The van der Waals surface area contributed by atoms with E-state index >= 15 is 0 Å². The van der Waals surface area contributed by atoms with E-state index in [4.69, 9.17) is 0 Å². The Kier molecular flexibility index (Phi) is 8.75. The molecule has 0 radical (unpaired) electrons.